The van der Waals surface area contributed by atoms with E-state index in [0.29, 0.717) is 24.2 Å². The standard InChI is InChI=1S/C18H29N3/c1-13-11-21(12-14(2)20(13)4)17-10-9-15-7-5-6-8-16(15)18(17)19-3/h5-8,13-14,17-19H,9-12H2,1-4H3. The molecule has 1 aromatic carbocycles. The van der Waals surface area contributed by atoms with Crippen molar-refractivity contribution in [3.63, 3.8) is 0 Å². The number of nitrogens with zero attached hydrogens (tertiary/aromatic N) is 2. The molecule has 1 aliphatic heterocycles. The van der Waals surface area contributed by atoms with Crippen molar-refractivity contribution in [3.8, 4) is 0 Å². The van der Waals surface area contributed by atoms with Crippen molar-refractivity contribution < 1.29 is 0 Å². The largest absolute Gasteiger partial charge is 0.312 e. The van der Waals surface area contributed by atoms with Crippen molar-refractivity contribution in [1.29, 1.82) is 0 Å². The molecule has 0 saturated carbocycles. The van der Waals surface area contributed by atoms with Crippen LogP contribution in [0.3, 0.4) is 0 Å². The van der Waals surface area contributed by atoms with E-state index in [9.17, 15) is 0 Å². The first kappa shape index (κ1) is 15.0. The first-order valence-electron chi connectivity index (χ1n) is 8.33. The molecule has 1 aromatic rings. The van der Waals surface area contributed by atoms with Gasteiger partial charge in [0, 0.05) is 37.3 Å². The van der Waals surface area contributed by atoms with E-state index >= 15 is 0 Å². The Morgan fingerprint density at radius 3 is 2.43 bits per heavy atom. The second-order valence-electron chi connectivity index (χ2n) is 6.89. The number of piperazine rings is 1. The monoisotopic (exact) mass is 287 g/mol. The summed E-state index contributed by atoms with van der Waals surface area (Å²) in [4.78, 5) is 5.24. The molecular formula is C18H29N3. The van der Waals surface area contributed by atoms with Gasteiger partial charge in [-0.05, 0) is 51.9 Å². The van der Waals surface area contributed by atoms with Crippen LogP contribution in [0.5, 0.6) is 0 Å². The van der Waals surface area contributed by atoms with Crippen LogP contribution >= 0.6 is 0 Å². The zero-order valence-corrected chi connectivity index (χ0v) is 13.8. The van der Waals surface area contributed by atoms with Crippen LogP contribution in [0.2, 0.25) is 0 Å². The third-order valence-corrected chi connectivity index (χ3v) is 5.65. The van der Waals surface area contributed by atoms with Gasteiger partial charge in [-0.25, -0.2) is 0 Å². The molecule has 3 heteroatoms. The number of nitrogens with one attached hydrogen (secondary N) is 1. The normalized spacial score (nSPS) is 34.7. The number of hydrogen-bond donors (Lipinski definition) is 1. The molecule has 4 unspecified atom stereocenters. The average Bonchev–Trinajstić information content (AvgIpc) is 2.51. The third-order valence-electron chi connectivity index (χ3n) is 5.65. The molecule has 3 rings (SSSR count). The van der Waals surface area contributed by atoms with E-state index in [1.54, 1.807) is 0 Å². The summed E-state index contributed by atoms with van der Waals surface area (Å²) in [6, 6.07) is 11.3. The van der Waals surface area contributed by atoms with Crippen LogP contribution in [0.25, 0.3) is 0 Å². The van der Waals surface area contributed by atoms with Crippen LogP contribution in [-0.2, 0) is 6.42 Å². The fraction of sp³-hybridized carbons (Fsp3) is 0.667. The quantitative estimate of drug-likeness (QED) is 0.900. The number of benzene rings is 1. The van der Waals surface area contributed by atoms with Crippen LogP contribution in [0.1, 0.15) is 37.4 Å². The van der Waals surface area contributed by atoms with Crippen molar-refractivity contribution in [3.05, 3.63) is 35.4 Å². The topological polar surface area (TPSA) is 18.5 Å². The van der Waals surface area contributed by atoms with Gasteiger partial charge in [-0.2, -0.15) is 0 Å². The van der Waals surface area contributed by atoms with Gasteiger partial charge in [-0.3, -0.25) is 9.80 Å². The van der Waals surface area contributed by atoms with E-state index < -0.39 is 0 Å². The summed E-state index contributed by atoms with van der Waals surface area (Å²) in [6.45, 7) is 7.08. The average molecular weight is 287 g/mol. The minimum Gasteiger partial charge on any atom is -0.312 e. The lowest BCUT2D eigenvalue weighted by molar-refractivity contribution is 0.0183. The molecule has 116 valence electrons. The second-order valence-corrected chi connectivity index (χ2v) is 6.89. The lowest BCUT2D eigenvalue weighted by Gasteiger charge is -2.49. The minimum atomic E-state index is 0.470. The van der Waals surface area contributed by atoms with E-state index in [1.165, 1.54) is 37.1 Å². The summed E-state index contributed by atoms with van der Waals surface area (Å²) >= 11 is 0. The van der Waals surface area contributed by atoms with E-state index in [0.717, 1.165) is 0 Å². The highest BCUT2D eigenvalue weighted by Crippen LogP contribution is 2.34. The molecular weight excluding hydrogens is 258 g/mol. The fourth-order valence-corrected chi connectivity index (χ4v) is 4.20. The van der Waals surface area contributed by atoms with E-state index in [4.69, 9.17) is 0 Å². The Bertz CT molecular complexity index is 475. The first-order valence-corrected chi connectivity index (χ1v) is 8.33. The highest BCUT2D eigenvalue weighted by atomic mass is 15.3. The SMILES string of the molecule is CNC1c2ccccc2CCC1N1CC(C)N(C)C(C)C1. The highest BCUT2D eigenvalue weighted by Gasteiger charge is 2.37. The molecule has 1 heterocycles. The maximum absolute atomic E-state index is 3.59. The van der Waals surface area contributed by atoms with Crippen molar-refractivity contribution in [1.82, 2.24) is 15.1 Å². The lowest BCUT2D eigenvalue weighted by Crippen LogP contribution is -2.60. The Morgan fingerprint density at radius 2 is 1.76 bits per heavy atom. The summed E-state index contributed by atoms with van der Waals surface area (Å²) in [7, 11) is 4.38. The van der Waals surface area contributed by atoms with Crippen molar-refractivity contribution in [2.75, 3.05) is 27.2 Å². The molecule has 2 aliphatic rings. The molecule has 1 fully saturated rings. The Morgan fingerprint density at radius 1 is 1.10 bits per heavy atom. The second kappa shape index (κ2) is 6.07. The molecule has 21 heavy (non-hydrogen) atoms. The van der Waals surface area contributed by atoms with Crippen LogP contribution in [0.15, 0.2) is 24.3 Å². The van der Waals surface area contributed by atoms with Crippen LogP contribution in [-0.4, -0.2) is 55.1 Å². The van der Waals surface area contributed by atoms with E-state index in [1.807, 2.05) is 0 Å². The molecule has 0 spiro atoms. The fourth-order valence-electron chi connectivity index (χ4n) is 4.20. The molecule has 1 aliphatic carbocycles. The molecule has 1 saturated heterocycles. The van der Waals surface area contributed by atoms with Crippen LogP contribution < -0.4 is 5.32 Å². The van der Waals surface area contributed by atoms with Gasteiger partial charge in [0.25, 0.3) is 0 Å². The zero-order chi connectivity index (χ0) is 15.0. The maximum Gasteiger partial charge on any atom is 0.0478 e. The predicted molar refractivity (Wildman–Crippen MR) is 88.6 cm³/mol. The number of fused-ring (bicyclic) bond motifs is 1. The number of likely N-dealkylation sites (N-methyl/N-ethyl adjacent to an activating group) is 2. The number of rotatable bonds is 2. The maximum atomic E-state index is 3.59. The lowest BCUT2D eigenvalue weighted by atomic mass is 9.82. The molecule has 1 N–H and O–H groups in total. The summed E-state index contributed by atoms with van der Waals surface area (Å²) in [5, 5.41) is 3.59. The Hall–Kier alpha value is -0.900. The van der Waals surface area contributed by atoms with Crippen molar-refractivity contribution in [2.24, 2.45) is 0 Å². The van der Waals surface area contributed by atoms with E-state index in [-0.39, 0.29) is 0 Å². The summed E-state index contributed by atoms with van der Waals surface area (Å²) in [5.41, 5.74) is 3.04. The van der Waals surface area contributed by atoms with Gasteiger partial charge in [0.05, 0.1) is 0 Å². The van der Waals surface area contributed by atoms with E-state index in [2.05, 4.69) is 67.3 Å². The van der Waals surface area contributed by atoms with Gasteiger partial charge in [0.1, 0.15) is 0 Å². The summed E-state index contributed by atoms with van der Waals surface area (Å²) < 4.78 is 0. The summed E-state index contributed by atoms with van der Waals surface area (Å²) in [5.74, 6) is 0. The van der Waals surface area contributed by atoms with Crippen molar-refractivity contribution in [2.45, 2.75) is 50.9 Å². The molecule has 0 bridgehead atoms. The van der Waals surface area contributed by atoms with Gasteiger partial charge in [0.15, 0.2) is 0 Å². The third kappa shape index (κ3) is 2.75. The first-order chi connectivity index (χ1) is 10.1. The van der Waals surface area contributed by atoms with Gasteiger partial charge in [0.2, 0.25) is 0 Å². The van der Waals surface area contributed by atoms with Crippen LogP contribution in [0, 0.1) is 0 Å². The highest BCUT2D eigenvalue weighted by molar-refractivity contribution is 5.34. The van der Waals surface area contributed by atoms with Gasteiger partial charge in [-0.15, -0.1) is 0 Å². The van der Waals surface area contributed by atoms with Gasteiger partial charge >= 0.3 is 0 Å². The Balaban J connectivity index is 1.83. The zero-order valence-electron chi connectivity index (χ0n) is 13.8. The summed E-state index contributed by atoms with van der Waals surface area (Å²) in [6.07, 6.45) is 2.49. The minimum absolute atomic E-state index is 0.470. The smallest absolute Gasteiger partial charge is 0.0478 e. The molecule has 3 nitrogen and oxygen atoms in total. The molecule has 0 amide bonds. The molecule has 4 atom stereocenters. The molecule has 0 radical (unpaired) electrons. The Labute approximate surface area is 129 Å². The number of hydrogen-bond acceptors (Lipinski definition) is 3. The Kier molecular flexibility index (Phi) is 4.34. The predicted octanol–water partition coefficient (Wildman–Crippen LogP) is 2.29. The van der Waals surface area contributed by atoms with Gasteiger partial charge in [-0.1, -0.05) is 24.3 Å². The van der Waals surface area contributed by atoms with Crippen molar-refractivity contribution >= 4 is 0 Å². The van der Waals surface area contributed by atoms with Crippen LogP contribution in [0.4, 0.5) is 0 Å². The van der Waals surface area contributed by atoms with Gasteiger partial charge < -0.3 is 5.32 Å². The molecule has 0 aromatic heterocycles. The number of aryl methyl sites for hydroxylation is 1.